The monoisotopic (exact) mass is 203 g/mol. The summed E-state index contributed by atoms with van der Waals surface area (Å²) in [6.45, 7) is 4.46. The number of thioether (sulfide) groups is 1. The molecule has 0 aromatic heterocycles. The van der Waals surface area contributed by atoms with Crippen molar-refractivity contribution in [2.24, 2.45) is 0 Å². The first-order chi connectivity index (χ1) is 5.97. The number of carbonyl (C=O) groups is 3. The van der Waals surface area contributed by atoms with E-state index < -0.39 is 17.1 Å². The lowest BCUT2D eigenvalue weighted by Crippen LogP contribution is -2.35. The van der Waals surface area contributed by atoms with Gasteiger partial charge in [-0.15, -0.1) is 0 Å². The Bertz CT molecular complexity index is 227. The van der Waals surface area contributed by atoms with Gasteiger partial charge in [-0.2, -0.15) is 0 Å². The third kappa shape index (κ3) is 5.41. The van der Waals surface area contributed by atoms with Crippen LogP contribution >= 0.6 is 11.8 Å². The fourth-order valence-corrected chi connectivity index (χ4v) is 1.51. The van der Waals surface area contributed by atoms with Gasteiger partial charge < -0.3 is 0 Å². The standard InChI is InChI=1S/C8H13NO3S/c1-4-7(13-6(3)11)8(12)9-5(2)10/h7H,4H2,1-3H3,(H,9,10,12). The summed E-state index contributed by atoms with van der Waals surface area (Å²) in [5, 5.41) is 1.57. The number of rotatable bonds is 3. The van der Waals surface area contributed by atoms with Crippen molar-refractivity contribution in [3.63, 3.8) is 0 Å². The lowest BCUT2D eigenvalue weighted by atomic mass is 10.3. The van der Waals surface area contributed by atoms with E-state index in [0.717, 1.165) is 11.8 Å². The molecule has 1 atom stereocenters. The first-order valence-electron chi connectivity index (χ1n) is 3.96. The molecule has 0 aliphatic heterocycles. The van der Waals surface area contributed by atoms with Crippen LogP contribution < -0.4 is 5.32 Å². The van der Waals surface area contributed by atoms with E-state index in [4.69, 9.17) is 0 Å². The molecule has 13 heavy (non-hydrogen) atoms. The van der Waals surface area contributed by atoms with Gasteiger partial charge in [-0.1, -0.05) is 18.7 Å². The normalized spacial score (nSPS) is 11.9. The van der Waals surface area contributed by atoms with Crippen LogP contribution in [0.2, 0.25) is 0 Å². The van der Waals surface area contributed by atoms with Crippen LogP contribution in [-0.4, -0.2) is 22.2 Å². The topological polar surface area (TPSA) is 63.2 Å². The molecule has 5 heteroatoms. The molecule has 0 radical (unpaired) electrons. The Hall–Kier alpha value is -0.840. The number of nitrogens with one attached hydrogen (secondary N) is 1. The van der Waals surface area contributed by atoms with E-state index in [1.54, 1.807) is 6.92 Å². The largest absolute Gasteiger partial charge is 0.296 e. The molecule has 0 aliphatic carbocycles. The van der Waals surface area contributed by atoms with E-state index in [2.05, 4.69) is 5.32 Å². The molecule has 1 N–H and O–H groups in total. The maximum atomic E-state index is 11.2. The van der Waals surface area contributed by atoms with Crippen LogP contribution in [0.25, 0.3) is 0 Å². The number of hydrogen-bond acceptors (Lipinski definition) is 4. The van der Waals surface area contributed by atoms with E-state index >= 15 is 0 Å². The maximum absolute atomic E-state index is 11.2. The number of imide groups is 1. The minimum Gasteiger partial charge on any atom is -0.296 e. The van der Waals surface area contributed by atoms with E-state index in [0.29, 0.717) is 6.42 Å². The van der Waals surface area contributed by atoms with E-state index in [-0.39, 0.29) is 5.12 Å². The molecule has 0 saturated heterocycles. The highest BCUT2D eigenvalue weighted by atomic mass is 32.2. The molecule has 4 nitrogen and oxygen atoms in total. The number of amides is 2. The van der Waals surface area contributed by atoms with Crippen molar-refractivity contribution in [2.75, 3.05) is 0 Å². The average Bonchev–Trinajstić information content (AvgIpc) is 1.98. The summed E-state index contributed by atoms with van der Waals surface area (Å²) >= 11 is 0.946. The Balaban J connectivity index is 4.15. The van der Waals surface area contributed by atoms with E-state index in [1.807, 2.05) is 0 Å². The first kappa shape index (κ1) is 12.2. The molecule has 0 saturated carbocycles. The smallest absolute Gasteiger partial charge is 0.240 e. The molecule has 0 fully saturated rings. The second kappa shape index (κ2) is 5.75. The average molecular weight is 203 g/mol. The molecule has 0 rings (SSSR count). The minimum absolute atomic E-state index is 0.120. The van der Waals surface area contributed by atoms with E-state index in [9.17, 15) is 14.4 Å². The SMILES string of the molecule is CCC(SC(C)=O)C(=O)NC(C)=O. The van der Waals surface area contributed by atoms with Crippen LogP contribution in [0.15, 0.2) is 0 Å². The van der Waals surface area contributed by atoms with Gasteiger partial charge in [0.05, 0.1) is 5.25 Å². The van der Waals surface area contributed by atoms with Gasteiger partial charge in [-0.3, -0.25) is 19.7 Å². The van der Waals surface area contributed by atoms with Crippen LogP contribution in [0, 0.1) is 0 Å². The molecule has 0 spiro atoms. The lowest BCUT2D eigenvalue weighted by molar-refractivity contribution is -0.129. The molecule has 0 heterocycles. The predicted molar refractivity (Wildman–Crippen MR) is 51.2 cm³/mol. The second-order valence-electron chi connectivity index (χ2n) is 2.55. The van der Waals surface area contributed by atoms with Gasteiger partial charge in [0.1, 0.15) is 0 Å². The fourth-order valence-electron chi connectivity index (χ4n) is 0.777. The molecule has 2 amide bonds. The van der Waals surface area contributed by atoms with Crippen molar-refractivity contribution in [3.05, 3.63) is 0 Å². The van der Waals surface area contributed by atoms with Crippen LogP contribution in [0.5, 0.6) is 0 Å². The Morgan fingerprint density at radius 3 is 2.15 bits per heavy atom. The van der Waals surface area contributed by atoms with E-state index in [1.165, 1.54) is 13.8 Å². The third-order valence-electron chi connectivity index (χ3n) is 1.27. The Morgan fingerprint density at radius 2 is 1.85 bits per heavy atom. The Morgan fingerprint density at radius 1 is 1.31 bits per heavy atom. The van der Waals surface area contributed by atoms with Gasteiger partial charge in [0.15, 0.2) is 5.12 Å². The zero-order valence-electron chi connectivity index (χ0n) is 7.92. The maximum Gasteiger partial charge on any atom is 0.240 e. The van der Waals surface area contributed by atoms with Crippen molar-refractivity contribution >= 4 is 28.7 Å². The van der Waals surface area contributed by atoms with Crippen molar-refractivity contribution in [3.8, 4) is 0 Å². The lowest BCUT2D eigenvalue weighted by Gasteiger charge is -2.10. The van der Waals surface area contributed by atoms with Crippen LogP contribution in [-0.2, 0) is 14.4 Å². The zero-order chi connectivity index (χ0) is 10.4. The molecule has 0 aliphatic rings. The van der Waals surface area contributed by atoms with Crippen molar-refractivity contribution in [1.82, 2.24) is 5.32 Å². The summed E-state index contributed by atoms with van der Waals surface area (Å²) < 4.78 is 0. The minimum atomic E-state index is -0.457. The molecular formula is C8H13NO3S. The van der Waals surface area contributed by atoms with Gasteiger partial charge in [0.25, 0.3) is 0 Å². The Labute approximate surface area is 81.5 Å². The van der Waals surface area contributed by atoms with Gasteiger partial charge in [-0.05, 0) is 6.42 Å². The summed E-state index contributed by atoms with van der Waals surface area (Å²) in [6, 6.07) is 0. The Kier molecular flexibility index (Phi) is 5.37. The summed E-state index contributed by atoms with van der Waals surface area (Å²) in [6.07, 6.45) is 0.531. The van der Waals surface area contributed by atoms with Gasteiger partial charge >= 0.3 is 0 Å². The highest BCUT2D eigenvalue weighted by molar-refractivity contribution is 8.14. The van der Waals surface area contributed by atoms with Gasteiger partial charge in [-0.25, -0.2) is 0 Å². The van der Waals surface area contributed by atoms with Crippen LogP contribution in [0.1, 0.15) is 27.2 Å². The molecular weight excluding hydrogens is 190 g/mol. The van der Waals surface area contributed by atoms with Crippen molar-refractivity contribution in [1.29, 1.82) is 0 Å². The summed E-state index contributed by atoms with van der Waals surface area (Å²) in [4.78, 5) is 32.5. The fraction of sp³-hybridized carbons (Fsp3) is 0.625. The highest BCUT2D eigenvalue weighted by Gasteiger charge is 2.19. The predicted octanol–water partition coefficient (Wildman–Crippen LogP) is 0.707. The molecule has 1 unspecified atom stereocenters. The number of carbonyl (C=O) groups excluding carboxylic acids is 3. The van der Waals surface area contributed by atoms with Crippen molar-refractivity contribution < 1.29 is 14.4 Å². The molecule has 74 valence electrons. The second-order valence-corrected chi connectivity index (χ2v) is 3.93. The van der Waals surface area contributed by atoms with Crippen LogP contribution in [0.3, 0.4) is 0 Å². The van der Waals surface area contributed by atoms with Crippen LogP contribution in [0.4, 0.5) is 0 Å². The van der Waals surface area contributed by atoms with Crippen molar-refractivity contribution in [2.45, 2.75) is 32.4 Å². The van der Waals surface area contributed by atoms with Gasteiger partial charge in [0.2, 0.25) is 11.8 Å². The number of hydrogen-bond donors (Lipinski definition) is 1. The molecule has 0 bridgehead atoms. The summed E-state index contributed by atoms with van der Waals surface area (Å²) in [5.41, 5.74) is 0. The summed E-state index contributed by atoms with van der Waals surface area (Å²) in [5.74, 6) is -0.789. The highest BCUT2D eigenvalue weighted by Crippen LogP contribution is 2.15. The summed E-state index contributed by atoms with van der Waals surface area (Å²) in [7, 11) is 0. The molecule has 0 aromatic rings. The third-order valence-corrected chi connectivity index (χ3v) is 2.43. The van der Waals surface area contributed by atoms with Gasteiger partial charge in [0, 0.05) is 13.8 Å². The quantitative estimate of drug-likeness (QED) is 0.733. The molecule has 0 aromatic carbocycles. The first-order valence-corrected chi connectivity index (χ1v) is 4.84. The zero-order valence-corrected chi connectivity index (χ0v) is 8.73.